The summed E-state index contributed by atoms with van der Waals surface area (Å²) >= 11 is 1.52. The highest BCUT2D eigenvalue weighted by atomic mass is 32.2. The zero-order chi connectivity index (χ0) is 13.1. The van der Waals surface area contributed by atoms with Gasteiger partial charge in [-0.2, -0.15) is 5.26 Å². The number of nitrogen functional groups attached to an aromatic ring is 1. The van der Waals surface area contributed by atoms with Crippen molar-refractivity contribution < 1.29 is 0 Å². The van der Waals surface area contributed by atoms with Gasteiger partial charge in [-0.05, 0) is 31.5 Å². The van der Waals surface area contributed by atoms with Crippen LogP contribution in [0.2, 0.25) is 0 Å². The van der Waals surface area contributed by atoms with Crippen molar-refractivity contribution in [1.29, 1.82) is 5.26 Å². The van der Waals surface area contributed by atoms with E-state index in [0.717, 1.165) is 9.92 Å². The second-order valence-electron chi connectivity index (χ2n) is 4.10. The Morgan fingerprint density at radius 3 is 2.67 bits per heavy atom. The number of rotatable bonds is 2. The number of benzene rings is 1. The Labute approximate surface area is 111 Å². The Bertz CT molecular complexity index is 629. The fourth-order valence-electron chi connectivity index (χ4n) is 1.63. The third-order valence-corrected chi connectivity index (χ3v) is 3.76. The number of aryl methyl sites for hydroxylation is 2. The van der Waals surface area contributed by atoms with Crippen LogP contribution >= 0.6 is 11.8 Å². The molecule has 4 heteroatoms. The van der Waals surface area contributed by atoms with E-state index in [1.165, 1.54) is 22.9 Å². The molecule has 0 saturated carbocycles. The molecule has 2 N–H and O–H groups in total. The number of nitrogens with two attached hydrogens (primary N) is 1. The van der Waals surface area contributed by atoms with Gasteiger partial charge in [-0.25, -0.2) is 4.98 Å². The van der Waals surface area contributed by atoms with Crippen LogP contribution in [0.1, 0.15) is 16.7 Å². The Morgan fingerprint density at radius 2 is 2.06 bits per heavy atom. The van der Waals surface area contributed by atoms with E-state index >= 15 is 0 Å². The first kappa shape index (κ1) is 12.5. The second kappa shape index (κ2) is 5.11. The molecule has 0 spiro atoms. The van der Waals surface area contributed by atoms with E-state index in [-0.39, 0.29) is 0 Å². The molecule has 0 unspecified atom stereocenters. The van der Waals surface area contributed by atoms with Crippen LogP contribution in [0.25, 0.3) is 0 Å². The number of hydrogen-bond acceptors (Lipinski definition) is 4. The average molecular weight is 255 g/mol. The molecule has 0 aliphatic rings. The molecule has 2 aromatic rings. The van der Waals surface area contributed by atoms with Crippen molar-refractivity contribution in [3.63, 3.8) is 0 Å². The lowest BCUT2D eigenvalue weighted by Crippen LogP contribution is -1.93. The van der Waals surface area contributed by atoms with E-state index in [4.69, 9.17) is 11.0 Å². The third kappa shape index (κ3) is 2.63. The zero-order valence-corrected chi connectivity index (χ0v) is 11.1. The summed E-state index contributed by atoms with van der Waals surface area (Å²) < 4.78 is 0. The van der Waals surface area contributed by atoms with Crippen molar-refractivity contribution in [3.8, 4) is 6.07 Å². The maximum atomic E-state index is 8.76. The molecule has 0 radical (unpaired) electrons. The highest BCUT2D eigenvalue weighted by Gasteiger charge is 2.07. The minimum Gasteiger partial charge on any atom is -0.396 e. The Balaban J connectivity index is 2.32. The number of aromatic nitrogens is 1. The van der Waals surface area contributed by atoms with Crippen LogP contribution < -0.4 is 5.73 Å². The van der Waals surface area contributed by atoms with Gasteiger partial charge < -0.3 is 5.73 Å². The molecule has 0 bridgehead atoms. The molecule has 0 aliphatic heterocycles. The molecular formula is C14H13N3S. The lowest BCUT2D eigenvalue weighted by molar-refractivity contribution is 1.13. The highest BCUT2D eigenvalue weighted by Crippen LogP contribution is 2.32. The fraction of sp³-hybridized carbons (Fsp3) is 0.143. The molecule has 0 atom stereocenters. The minimum atomic E-state index is 0.484. The standard InChI is InChI=1S/C14H13N3S/c1-9-3-4-13(10(2)5-9)18-14-12(16)6-11(7-15)8-17-14/h3-6,8H,16H2,1-2H3. The van der Waals surface area contributed by atoms with E-state index in [9.17, 15) is 0 Å². The number of anilines is 1. The van der Waals surface area contributed by atoms with Crippen LogP contribution in [-0.2, 0) is 0 Å². The number of hydrogen-bond donors (Lipinski definition) is 1. The Kier molecular flexibility index (Phi) is 3.54. The van der Waals surface area contributed by atoms with Gasteiger partial charge in [-0.15, -0.1) is 0 Å². The molecule has 0 fully saturated rings. The van der Waals surface area contributed by atoms with Crippen LogP contribution in [-0.4, -0.2) is 4.98 Å². The largest absolute Gasteiger partial charge is 0.396 e. The molecule has 0 amide bonds. The molecule has 0 saturated heterocycles. The first-order chi connectivity index (χ1) is 8.60. The van der Waals surface area contributed by atoms with Gasteiger partial charge in [0.25, 0.3) is 0 Å². The molecule has 1 aromatic carbocycles. The number of nitriles is 1. The first-order valence-corrected chi connectivity index (χ1v) is 6.32. The Morgan fingerprint density at radius 1 is 1.28 bits per heavy atom. The third-order valence-electron chi connectivity index (χ3n) is 2.55. The summed E-state index contributed by atoms with van der Waals surface area (Å²) in [6.45, 7) is 4.13. The van der Waals surface area contributed by atoms with Crippen LogP contribution in [0.4, 0.5) is 5.69 Å². The van der Waals surface area contributed by atoms with Crippen LogP contribution in [0, 0.1) is 25.2 Å². The van der Waals surface area contributed by atoms with E-state index in [2.05, 4.69) is 37.0 Å². The maximum Gasteiger partial charge on any atom is 0.124 e. The first-order valence-electron chi connectivity index (χ1n) is 5.51. The molecule has 1 aromatic heterocycles. The second-order valence-corrected chi connectivity index (χ2v) is 5.13. The summed E-state index contributed by atoms with van der Waals surface area (Å²) in [5, 5.41) is 9.50. The van der Waals surface area contributed by atoms with Gasteiger partial charge in [0.15, 0.2) is 0 Å². The SMILES string of the molecule is Cc1ccc(Sc2ncc(C#N)cc2N)c(C)c1. The van der Waals surface area contributed by atoms with Gasteiger partial charge in [-0.1, -0.05) is 29.5 Å². The van der Waals surface area contributed by atoms with Gasteiger partial charge in [-0.3, -0.25) is 0 Å². The van der Waals surface area contributed by atoms with Gasteiger partial charge in [0, 0.05) is 11.1 Å². The van der Waals surface area contributed by atoms with Crippen molar-refractivity contribution in [2.75, 3.05) is 5.73 Å². The van der Waals surface area contributed by atoms with Crippen molar-refractivity contribution in [2.24, 2.45) is 0 Å². The molecular weight excluding hydrogens is 242 g/mol. The summed E-state index contributed by atoms with van der Waals surface area (Å²) in [6, 6.07) is 9.93. The van der Waals surface area contributed by atoms with E-state index in [1.54, 1.807) is 12.3 Å². The molecule has 3 nitrogen and oxygen atoms in total. The average Bonchev–Trinajstić information content (AvgIpc) is 2.34. The summed E-state index contributed by atoms with van der Waals surface area (Å²) in [5.74, 6) is 0. The molecule has 0 aliphatic carbocycles. The molecule has 18 heavy (non-hydrogen) atoms. The van der Waals surface area contributed by atoms with Crippen LogP contribution in [0.15, 0.2) is 40.4 Å². The maximum absolute atomic E-state index is 8.76. The molecule has 2 rings (SSSR count). The minimum absolute atomic E-state index is 0.484. The molecule has 1 heterocycles. The van der Waals surface area contributed by atoms with Crippen LogP contribution in [0.3, 0.4) is 0 Å². The summed E-state index contributed by atoms with van der Waals surface area (Å²) in [6.07, 6.45) is 1.54. The quantitative estimate of drug-likeness (QED) is 0.894. The van der Waals surface area contributed by atoms with E-state index in [0.29, 0.717) is 11.3 Å². The van der Waals surface area contributed by atoms with Gasteiger partial charge in [0.1, 0.15) is 11.1 Å². The van der Waals surface area contributed by atoms with E-state index in [1.807, 2.05) is 6.07 Å². The van der Waals surface area contributed by atoms with Crippen LogP contribution in [0.5, 0.6) is 0 Å². The highest BCUT2D eigenvalue weighted by molar-refractivity contribution is 7.99. The predicted octanol–water partition coefficient (Wildman–Crippen LogP) is 3.30. The zero-order valence-electron chi connectivity index (χ0n) is 10.3. The van der Waals surface area contributed by atoms with Crippen molar-refractivity contribution in [2.45, 2.75) is 23.8 Å². The van der Waals surface area contributed by atoms with E-state index < -0.39 is 0 Å². The van der Waals surface area contributed by atoms with Crippen molar-refractivity contribution >= 4 is 17.4 Å². The number of nitrogens with zero attached hydrogens (tertiary/aromatic N) is 2. The lowest BCUT2D eigenvalue weighted by atomic mass is 10.2. The topological polar surface area (TPSA) is 62.7 Å². The van der Waals surface area contributed by atoms with Crippen molar-refractivity contribution in [1.82, 2.24) is 4.98 Å². The fourth-order valence-corrected chi connectivity index (χ4v) is 2.48. The van der Waals surface area contributed by atoms with Gasteiger partial charge >= 0.3 is 0 Å². The number of pyridine rings is 1. The predicted molar refractivity (Wildman–Crippen MR) is 73.4 cm³/mol. The smallest absolute Gasteiger partial charge is 0.124 e. The normalized spacial score (nSPS) is 10.1. The Hall–Kier alpha value is -1.99. The van der Waals surface area contributed by atoms with Gasteiger partial charge in [0.2, 0.25) is 0 Å². The summed E-state index contributed by atoms with van der Waals surface area (Å²) in [4.78, 5) is 5.35. The summed E-state index contributed by atoms with van der Waals surface area (Å²) in [7, 11) is 0. The lowest BCUT2D eigenvalue weighted by Gasteiger charge is -2.07. The van der Waals surface area contributed by atoms with Crippen molar-refractivity contribution in [3.05, 3.63) is 47.2 Å². The summed E-state index contributed by atoms with van der Waals surface area (Å²) in [5.41, 5.74) is 9.35. The van der Waals surface area contributed by atoms with Gasteiger partial charge in [0.05, 0.1) is 11.3 Å². The monoisotopic (exact) mass is 255 g/mol. The molecule has 90 valence electrons.